The number of hydrogen-bond donors (Lipinski definition) is 5. The van der Waals surface area contributed by atoms with Crippen molar-refractivity contribution < 1.29 is 47.9 Å². The van der Waals surface area contributed by atoms with Crippen LogP contribution >= 0.6 is 0 Å². The fourth-order valence-electron chi connectivity index (χ4n) is 6.73. The molecule has 4 aromatic carbocycles. The first-order chi connectivity index (χ1) is 23.5. The number of para-hydroxylation sites is 1. The molecule has 8 unspecified atom stereocenters. The van der Waals surface area contributed by atoms with E-state index in [0.29, 0.717) is 22.4 Å². The molecule has 1 amide bonds. The quantitative estimate of drug-likeness (QED) is 0.149. The molecule has 2 aliphatic rings. The van der Waals surface area contributed by atoms with Gasteiger partial charge in [0.2, 0.25) is 5.91 Å². The van der Waals surface area contributed by atoms with Gasteiger partial charge in [0, 0.05) is 5.69 Å². The second-order valence-corrected chi connectivity index (χ2v) is 14.5. The van der Waals surface area contributed by atoms with E-state index in [1.165, 1.54) is 35.2 Å². The van der Waals surface area contributed by atoms with Gasteiger partial charge in [0.05, 0.1) is 35.3 Å². The molecule has 10 nitrogen and oxygen atoms in total. The number of carbonyl (C=O) groups is 1. The number of anilines is 1. The molecular formula is C37H38FNO9S. The van der Waals surface area contributed by atoms with Crippen molar-refractivity contribution in [1.29, 1.82) is 0 Å². The van der Waals surface area contributed by atoms with Crippen molar-refractivity contribution in [2.24, 2.45) is 5.92 Å². The molecule has 0 aromatic heterocycles. The second-order valence-electron chi connectivity index (χ2n) is 12.5. The lowest BCUT2D eigenvalue weighted by Gasteiger charge is -2.48. The summed E-state index contributed by atoms with van der Waals surface area (Å²) < 4.78 is 47.9. The van der Waals surface area contributed by atoms with Gasteiger partial charge in [0.1, 0.15) is 36.3 Å². The van der Waals surface area contributed by atoms with E-state index in [0.717, 1.165) is 5.56 Å². The zero-order valence-electron chi connectivity index (χ0n) is 26.4. The van der Waals surface area contributed by atoms with Gasteiger partial charge in [-0.25, -0.2) is 12.8 Å². The Labute approximate surface area is 283 Å². The molecule has 258 valence electrons. The van der Waals surface area contributed by atoms with E-state index in [9.17, 15) is 43.1 Å². The maximum Gasteiger partial charge on any atom is 0.233 e. The number of aliphatic hydroxyl groups is 5. The first-order valence-corrected chi connectivity index (χ1v) is 17.7. The van der Waals surface area contributed by atoms with E-state index < -0.39 is 76.6 Å². The molecule has 0 saturated carbocycles. The average molecular weight is 692 g/mol. The molecule has 8 atom stereocenters. The van der Waals surface area contributed by atoms with Crippen LogP contribution in [0.25, 0.3) is 11.1 Å². The average Bonchev–Trinajstić information content (AvgIpc) is 3.11. The highest BCUT2D eigenvalue weighted by Crippen LogP contribution is 2.48. The number of halogens is 1. The summed E-state index contributed by atoms with van der Waals surface area (Å²) in [6.45, 7) is -0.710. The van der Waals surface area contributed by atoms with Gasteiger partial charge in [-0.15, -0.1) is 0 Å². The number of β-lactam (4-membered cyclic amide) rings is 1. The Morgan fingerprint density at radius 2 is 1.43 bits per heavy atom. The van der Waals surface area contributed by atoms with Gasteiger partial charge in [0.15, 0.2) is 9.84 Å². The number of benzene rings is 4. The van der Waals surface area contributed by atoms with Crippen LogP contribution in [0.4, 0.5) is 10.1 Å². The lowest BCUT2D eigenvalue weighted by atomic mass is 9.78. The highest BCUT2D eigenvalue weighted by molar-refractivity contribution is 7.91. The summed E-state index contributed by atoms with van der Waals surface area (Å²) in [4.78, 5) is 15.2. The fourth-order valence-corrected chi connectivity index (χ4v) is 8.47. The largest absolute Gasteiger partial charge is 0.394 e. The normalized spacial score (nSPS) is 26.3. The molecule has 6 rings (SSSR count). The predicted octanol–water partition coefficient (Wildman–Crippen LogP) is 3.33. The third-order valence-electron chi connectivity index (χ3n) is 9.40. The maximum atomic E-state index is 14.4. The van der Waals surface area contributed by atoms with Gasteiger partial charge in [0.25, 0.3) is 0 Å². The van der Waals surface area contributed by atoms with Gasteiger partial charge in [-0.2, -0.15) is 0 Å². The van der Waals surface area contributed by atoms with Gasteiger partial charge in [-0.3, -0.25) is 4.79 Å². The van der Waals surface area contributed by atoms with Gasteiger partial charge < -0.3 is 35.2 Å². The number of aliphatic hydroxyl groups excluding tert-OH is 5. The molecule has 12 heteroatoms. The highest BCUT2D eigenvalue weighted by Gasteiger charge is 2.51. The molecular weight excluding hydrogens is 653 g/mol. The molecule has 4 aromatic rings. The summed E-state index contributed by atoms with van der Waals surface area (Å²) in [6, 6.07) is 27.6. The van der Waals surface area contributed by atoms with Crippen LogP contribution in [-0.4, -0.2) is 82.7 Å². The van der Waals surface area contributed by atoms with Crippen LogP contribution in [0.3, 0.4) is 0 Å². The van der Waals surface area contributed by atoms with Crippen LogP contribution < -0.4 is 4.90 Å². The summed E-state index contributed by atoms with van der Waals surface area (Å²) in [5.41, 5.74) is 2.67. The Morgan fingerprint density at radius 1 is 0.796 bits per heavy atom. The summed E-state index contributed by atoms with van der Waals surface area (Å²) in [6.07, 6.45) is -8.59. The smallest absolute Gasteiger partial charge is 0.233 e. The summed E-state index contributed by atoms with van der Waals surface area (Å²) in [5, 5.41) is 51.9. The van der Waals surface area contributed by atoms with Crippen molar-refractivity contribution in [1.82, 2.24) is 0 Å². The first-order valence-electron chi connectivity index (χ1n) is 16.0. The molecule has 5 N–H and O–H groups in total. The molecule has 0 bridgehead atoms. The van der Waals surface area contributed by atoms with Crippen LogP contribution in [0.2, 0.25) is 0 Å². The third-order valence-corrected chi connectivity index (χ3v) is 11.2. The van der Waals surface area contributed by atoms with Crippen molar-refractivity contribution in [3.8, 4) is 11.1 Å². The number of ether oxygens (including phenoxy) is 1. The van der Waals surface area contributed by atoms with Crippen LogP contribution in [0.15, 0.2) is 108 Å². The number of carbonyl (C=O) groups excluding carboxylic acids is 1. The van der Waals surface area contributed by atoms with Crippen molar-refractivity contribution in [3.63, 3.8) is 0 Å². The molecule has 2 saturated heterocycles. The monoisotopic (exact) mass is 691 g/mol. The van der Waals surface area contributed by atoms with Crippen molar-refractivity contribution in [2.75, 3.05) is 17.3 Å². The third kappa shape index (κ3) is 7.04. The van der Waals surface area contributed by atoms with Crippen molar-refractivity contribution in [3.05, 3.63) is 120 Å². The van der Waals surface area contributed by atoms with E-state index in [4.69, 9.17) is 4.74 Å². The Bertz CT molecular complexity index is 1860. The Morgan fingerprint density at radius 3 is 2.08 bits per heavy atom. The fraction of sp³-hybridized carbons (Fsp3) is 0.324. The summed E-state index contributed by atoms with van der Waals surface area (Å²) in [7, 11) is -4.35. The van der Waals surface area contributed by atoms with Crippen molar-refractivity contribution >= 4 is 21.4 Å². The zero-order chi connectivity index (χ0) is 34.9. The van der Waals surface area contributed by atoms with Gasteiger partial charge in [-0.05, 0) is 65.4 Å². The minimum absolute atomic E-state index is 0.117. The molecule has 2 aliphatic heterocycles. The first kappa shape index (κ1) is 34.8. The van der Waals surface area contributed by atoms with Crippen LogP contribution in [0.5, 0.6) is 0 Å². The number of hydrogen-bond acceptors (Lipinski definition) is 9. The molecule has 0 aliphatic carbocycles. The SMILES string of the molecule is O=C1C(CCC(O)c2ccc(F)cc2)C(c2ccc(-c3ccccc3)cc2S(=O)(=O)CC2OC(CO)C(O)C(O)C2O)N1c1ccccc1. The van der Waals surface area contributed by atoms with Crippen LogP contribution in [0.1, 0.15) is 36.1 Å². The zero-order valence-corrected chi connectivity index (χ0v) is 27.2. The molecule has 0 radical (unpaired) electrons. The van der Waals surface area contributed by atoms with Gasteiger partial charge >= 0.3 is 0 Å². The maximum absolute atomic E-state index is 14.4. The molecule has 2 heterocycles. The minimum Gasteiger partial charge on any atom is -0.394 e. The molecule has 49 heavy (non-hydrogen) atoms. The lowest BCUT2D eigenvalue weighted by molar-refractivity contribution is -0.223. The minimum atomic E-state index is -4.35. The molecule has 2 fully saturated rings. The van der Waals surface area contributed by atoms with Crippen LogP contribution in [0, 0.1) is 11.7 Å². The number of nitrogens with zero attached hydrogens (tertiary/aromatic N) is 1. The molecule has 0 spiro atoms. The second kappa shape index (κ2) is 14.5. The predicted molar refractivity (Wildman–Crippen MR) is 178 cm³/mol. The number of amides is 1. The Kier molecular flexibility index (Phi) is 10.3. The van der Waals surface area contributed by atoms with E-state index in [-0.39, 0.29) is 23.6 Å². The van der Waals surface area contributed by atoms with E-state index >= 15 is 0 Å². The van der Waals surface area contributed by atoms with E-state index in [2.05, 4.69) is 0 Å². The standard InChI is InChI=1S/C37H38FNO9S/c38-25-14-11-23(12-15-25)29(41)18-17-28-33(39(37(28)45)26-9-5-2-6-10-26)27-16-13-24(22-7-3-1-4-8-22)19-32(27)49(46,47)21-31-35(43)36(44)34(42)30(20-40)48-31/h1-16,19,28-31,33-36,40-44H,17-18,20-21H2. The summed E-state index contributed by atoms with van der Waals surface area (Å²) in [5.74, 6) is -2.22. The number of rotatable bonds is 11. The van der Waals surface area contributed by atoms with Crippen LogP contribution in [-0.2, 0) is 19.4 Å². The van der Waals surface area contributed by atoms with Gasteiger partial charge in [-0.1, -0.05) is 72.8 Å². The van der Waals surface area contributed by atoms with E-state index in [1.54, 1.807) is 42.5 Å². The Hall–Kier alpha value is -4.01. The van der Waals surface area contributed by atoms with E-state index in [1.807, 2.05) is 30.3 Å². The number of sulfone groups is 1. The summed E-state index contributed by atoms with van der Waals surface area (Å²) >= 11 is 0. The highest BCUT2D eigenvalue weighted by atomic mass is 32.2. The Balaban J connectivity index is 1.40. The van der Waals surface area contributed by atoms with Crippen molar-refractivity contribution in [2.45, 2.75) is 60.4 Å². The lowest BCUT2D eigenvalue weighted by Crippen LogP contribution is -2.60. The topological polar surface area (TPSA) is 165 Å².